The Morgan fingerprint density at radius 1 is 1.00 bits per heavy atom. The van der Waals surface area contributed by atoms with E-state index >= 15 is 0 Å². The summed E-state index contributed by atoms with van der Waals surface area (Å²) in [5.41, 5.74) is 0.950. The van der Waals surface area contributed by atoms with Gasteiger partial charge in [0, 0.05) is 17.6 Å². The van der Waals surface area contributed by atoms with E-state index in [1.165, 1.54) is 30.2 Å². The maximum absolute atomic E-state index is 14.2. The molecule has 4 rings (SSSR count). The summed E-state index contributed by atoms with van der Waals surface area (Å²) in [6, 6.07) is 21.1. The molecular formula is C31H36ClN3O5S. The highest BCUT2D eigenvalue weighted by molar-refractivity contribution is 7.92. The van der Waals surface area contributed by atoms with Crippen LogP contribution in [0.5, 0.6) is 5.75 Å². The molecule has 0 bridgehead atoms. The van der Waals surface area contributed by atoms with Gasteiger partial charge in [-0.25, -0.2) is 8.42 Å². The van der Waals surface area contributed by atoms with Gasteiger partial charge in [-0.15, -0.1) is 0 Å². The molecule has 10 heteroatoms. The van der Waals surface area contributed by atoms with Gasteiger partial charge >= 0.3 is 0 Å². The van der Waals surface area contributed by atoms with Crippen LogP contribution in [-0.4, -0.2) is 50.9 Å². The van der Waals surface area contributed by atoms with E-state index in [0.29, 0.717) is 6.42 Å². The van der Waals surface area contributed by atoms with Crippen molar-refractivity contribution in [2.24, 2.45) is 0 Å². The standard InChI is InChI=1S/C31H36ClN3O5S/c1-3-27(31(37)33-25-14-10-11-15-25)34(21-23-12-6-4-7-13-23)30(36)22-35(28-20-24(32)18-19-29(28)40-2)41(38,39)26-16-8-5-9-17-26/h4-9,12-13,16-20,25,27H,3,10-11,14-15,21-22H2,1-2H3,(H,33,37)/t27-/m0/s1. The smallest absolute Gasteiger partial charge is 0.264 e. The minimum atomic E-state index is -4.23. The molecule has 1 aliphatic carbocycles. The molecule has 218 valence electrons. The molecule has 8 nitrogen and oxygen atoms in total. The summed E-state index contributed by atoms with van der Waals surface area (Å²) in [5.74, 6) is -0.521. The van der Waals surface area contributed by atoms with Gasteiger partial charge in [-0.3, -0.25) is 13.9 Å². The zero-order chi connectivity index (χ0) is 29.4. The van der Waals surface area contributed by atoms with Crippen molar-refractivity contribution in [3.8, 4) is 5.75 Å². The molecule has 1 atom stereocenters. The van der Waals surface area contributed by atoms with Crippen molar-refractivity contribution in [3.05, 3.63) is 89.4 Å². The first-order valence-corrected chi connectivity index (χ1v) is 15.6. The molecule has 0 spiro atoms. The highest BCUT2D eigenvalue weighted by Gasteiger charge is 2.35. The quantitative estimate of drug-likeness (QED) is 0.301. The summed E-state index contributed by atoms with van der Waals surface area (Å²) in [6.07, 6.45) is 4.30. The molecule has 3 aromatic carbocycles. The molecule has 41 heavy (non-hydrogen) atoms. The topological polar surface area (TPSA) is 96.0 Å². The number of hydrogen-bond donors (Lipinski definition) is 1. The van der Waals surface area contributed by atoms with Crippen molar-refractivity contribution in [1.29, 1.82) is 0 Å². The van der Waals surface area contributed by atoms with Gasteiger partial charge < -0.3 is 15.0 Å². The molecule has 1 fully saturated rings. The van der Waals surface area contributed by atoms with Gasteiger partial charge in [0.15, 0.2) is 0 Å². The Hall–Kier alpha value is -3.56. The number of rotatable bonds is 12. The number of methoxy groups -OCH3 is 1. The van der Waals surface area contributed by atoms with E-state index in [0.717, 1.165) is 35.6 Å². The third-order valence-corrected chi connectivity index (χ3v) is 9.31. The largest absolute Gasteiger partial charge is 0.495 e. The highest BCUT2D eigenvalue weighted by Crippen LogP contribution is 2.35. The van der Waals surface area contributed by atoms with Crippen LogP contribution in [0.15, 0.2) is 83.8 Å². The predicted octanol–water partition coefficient (Wildman–Crippen LogP) is 5.41. The number of anilines is 1. The first-order chi connectivity index (χ1) is 19.7. The van der Waals surface area contributed by atoms with Crippen molar-refractivity contribution in [2.75, 3.05) is 18.0 Å². The van der Waals surface area contributed by atoms with Crippen molar-refractivity contribution >= 4 is 39.1 Å². The fraction of sp³-hybridized carbons (Fsp3) is 0.355. The van der Waals surface area contributed by atoms with Crippen molar-refractivity contribution in [3.63, 3.8) is 0 Å². The van der Waals surface area contributed by atoms with Crippen LogP contribution in [0.3, 0.4) is 0 Å². The minimum absolute atomic E-state index is 0.00968. The molecular weight excluding hydrogens is 562 g/mol. The van der Waals surface area contributed by atoms with Crippen LogP contribution >= 0.6 is 11.6 Å². The number of amides is 2. The summed E-state index contributed by atoms with van der Waals surface area (Å²) < 4.78 is 34.5. The van der Waals surface area contributed by atoms with E-state index in [-0.39, 0.29) is 39.8 Å². The minimum Gasteiger partial charge on any atom is -0.495 e. The molecule has 0 radical (unpaired) electrons. The number of halogens is 1. The van der Waals surface area contributed by atoms with Gasteiger partial charge in [0.25, 0.3) is 10.0 Å². The summed E-state index contributed by atoms with van der Waals surface area (Å²) in [5, 5.41) is 3.40. The summed E-state index contributed by atoms with van der Waals surface area (Å²) in [6.45, 7) is 1.43. The number of nitrogens with one attached hydrogen (secondary N) is 1. The summed E-state index contributed by atoms with van der Waals surface area (Å²) in [4.78, 5) is 29.2. The maximum Gasteiger partial charge on any atom is 0.264 e. The molecule has 0 aromatic heterocycles. The Morgan fingerprint density at radius 3 is 2.24 bits per heavy atom. The second kappa shape index (κ2) is 13.9. The van der Waals surface area contributed by atoms with E-state index in [2.05, 4.69) is 5.32 Å². The Balaban J connectivity index is 1.74. The lowest BCUT2D eigenvalue weighted by Crippen LogP contribution is -2.53. The number of carbonyl (C=O) groups is 2. The Morgan fingerprint density at radius 2 is 1.63 bits per heavy atom. The van der Waals surface area contributed by atoms with E-state index in [1.807, 2.05) is 37.3 Å². The lowest BCUT2D eigenvalue weighted by atomic mass is 10.1. The van der Waals surface area contributed by atoms with Crippen LogP contribution in [-0.2, 0) is 26.2 Å². The normalized spacial score (nSPS) is 14.3. The van der Waals surface area contributed by atoms with E-state index in [1.54, 1.807) is 30.3 Å². The van der Waals surface area contributed by atoms with E-state index < -0.39 is 28.5 Å². The van der Waals surface area contributed by atoms with Crippen molar-refractivity contribution in [2.45, 2.75) is 62.6 Å². The number of carbonyl (C=O) groups excluding carboxylic acids is 2. The third kappa shape index (κ3) is 7.40. The zero-order valence-electron chi connectivity index (χ0n) is 23.3. The number of hydrogen-bond acceptors (Lipinski definition) is 5. The molecule has 1 N–H and O–H groups in total. The van der Waals surface area contributed by atoms with Crippen LogP contribution in [0.2, 0.25) is 5.02 Å². The van der Waals surface area contributed by atoms with Crippen LogP contribution in [0.4, 0.5) is 5.69 Å². The second-order valence-corrected chi connectivity index (χ2v) is 12.4. The van der Waals surface area contributed by atoms with Crippen LogP contribution in [0.1, 0.15) is 44.6 Å². The fourth-order valence-electron chi connectivity index (χ4n) is 5.16. The maximum atomic E-state index is 14.2. The lowest BCUT2D eigenvalue weighted by molar-refractivity contribution is -0.140. The first-order valence-electron chi connectivity index (χ1n) is 13.8. The molecule has 1 saturated carbocycles. The van der Waals surface area contributed by atoms with Gasteiger partial charge in [0.2, 0.25) is 11.8 Å². The van der Waals surface area contributed by atoms with Gasteiger partial charge in [0.05, 0.1) is 17.7 Å². The van der Waals surface area contributed by atoms with Gasteiger partial charge in [-0.05, 0) is 55.2 Å². The second-order valence-electron chi connectivity index (χ2n) is 10.1. The van der Waals surface area contributed by atoms with Crippen molar-refractivity contribution in [1.82, 2.24) is 10.2 Å². The molecule has 0 aliphatic heterocycles. The SMILES string of the molecule is CC[C@@H](C(=O)NC1CCCC1)N(Cc1ccccc1)C(=O)CN(c1cc(Cl)ccc1OC)S(=O)(=O)c1ccccc1. The molecule has 0 saturated heterocycles. The van der Waals surface area contributed by atoms with Crippen molar-refractivity contribution < 1.29 is 22.7 Å². The van der Waals surface area contributed by atoms with Crippen LogP contribution in [0, 0.1) is 0 Å². The number of ether oxygens (including phenoxy) is 1. The zero-order valence-corrected chi connectivity index (χ0v) is 24.9. The van der Waals surface area contributed by atoms with E-state index in [4.69, 9.17) is 16.3 Å². The van der Waals surface area contributed by atoms with Gasteiger partial charge in [-0.2, -0.15) is 0 Å². The highest BCUT2D eigenvalue weighted by atomic mass is 35.5. The molecule has 0 unspecified atom stereocenters. The molecule has 2 amide bonds. The number of nitrogens with zero attached hydrogens (tertiary/aromatic N) is 2. The molecule has 3 aromatic rings. The fourth-order valence-corrected chi connectivity index (χ4v) is 6.76. The molecule has 1 aliphatic rings. The number of benzene rings is 3. The average Bonchev–Trinajstić information content (AvgIpc) is 3.49. The van der Waals surface area contributed by atoms with Gasteiger partial charge in [-0.1, -0.05) is 79.9 Å². The monoisotopic (exact) mass is 597 g/mol. The first kappa shape index (κ1) is 30.4. The summed E-state index contributed by atoms with van der Waals surface area (Å²) >= 11 is 6.29. The lowest BCUT2D eigenvalue weighted by Gasteiger charge is -2.34. The molecule has 0 heterocycles. The number of sulfonamides is 1. The predicted molar refractivity (Wildman–Crippen MR) is 160 cm³/mol. The van der Waals surface area contributed by atoms with E-state index in [9.17, 15) is 18.0 Å². The Bertz CT molecular complexity index is 1430. The Kier molecular flexibility index (Phi) is 10.3. The Labute approximate surface area is 247 Å². The third-order valence-electron chi connectivity index (χ3n) is 7.30. The van der Waals surface area contributed by atoms with Crippen LogP contribution in [0.25, 0.3) is 0 Å². The van der Waals surface area contributed by atoms with Crippen LogP contribution < -0.4 is 14.4 Å². The van der Waals surface area contributed by atoms with Gasteiger partial charge in [0.1, 0.15) is 18.3 Å². The average molecular weight is 598 g/mol. The summed E-state index contributed by atoms with van der Waals surface area (Å²) in [7, 11) is -2.81.